The van der Waals surface area contributed by atoms with Gasteiger partial charge < -0.3 is 10.1 Å². The third-order valence-electron chi connectivity index (χ3n) is 7.89. The lowest BCUT2D eigenvalue weighted by Gasteiger charge is -2.51. The number of likely N-dealkylation sites (tertiary alicyclic amines) is 1. The Labute approximate surface area is 236 Å². The molecule has 1 aliphatic heterocycles. The molecule has 0 amide bonds. The molecule has 1 aliphatic rings. The highest BCUT2D eigenvalue weighted by Crippen LogP contribution is 2.40. The second-order valence-electron chi connectivity index (χ2n) is 11.1. The van der Waals surface area contributed by atoms with Crippen LogP contribution in [0.15, 0.2) is 30.4 Å². The molecule has 1 fully saturated rings. The lowest BCUT2D eigenvalue weighted by molar-refractivity contribution is -0.0317. The largest absolute Gasteiger partial charge is 0.383 e. The van der Waals surface area contributed by atoms with Crippen LogP contribution < -0.4 is 15.8 Å². The highest BCUT2D eigenvalue weighted by Gasteiger charge is 2.41. The zero-order valence-corrected chi connectivity index (χ0v) is 25.5. The number of methoxy groups -OCH3 is 1. The fraction of sp³-hybridized carbons (Fsp3) is 0.545. The van der Waals surface area contributed by atoms with E-state index in [2.05, 4.69) is 53.8 Å². The van der Waals surface area contributed by atoms with Gasteiger partial charge in [-0.05, 0) is 75.1 Å². The minimum absolute atomic E-state index is 0.583. The normalized spacial score (nSPS) is 16.1. The Bertz CT molecular complexity index is 1250. The van der Waals surface area contributed by atoms with Gasteiger partial charge in [-0.15, -0.1) is 5.10 Å². The van der Waals surface area contributed by atoms with Gasteiger partial charge in [0.2, 0.25) is 0 Å². The minimum Gasteiger partial charge on any atom is -0.383 e. The van der Waals surface area contributed by atoms with Crippen molar-refractivity contribution in [3.8, 4) is 6.07 Å². The first-order valence-electron chi connectivity index (χ1n) is 14.2. The lowest BCUT2D eigenvalue weighted by atomic mass is 9.71. The van der Waals surface area contributed by atoms with Crippen LogP contribution in [0.4, 0.5) is 5.82 Å². The third kappa shape index (κ3) is 9.02. The smallest absolute Gasteiger partial charge is 0.156 e. The first-order valence-corrected chi connectivity index (χ1v) is 14.2. The van der Waals surface area contributed by atoms with Crippen LogP contribution in [0.3, 0.4) is 0 Å². The van der Waals surface area contributed by atoms with Crippen molar-refractivity contribution >= 4 is 18.0 Å². The lowest BCUT2D eigenvalue weighted by Crippen LogP contribution is -2.57. The fourth-order valence-corrected chi connectivity index (χ4v) is 5.28. The van der Waals surface area contributed by atoms with Crippen LogP contribution in [0.5, 0.6) is 0 Å². The van der Waals surface area contributed by atoms with Gasteiger partial charge in [0.25, 0.3) is 0 Å². The van der Waals surface area contributed by atoms with Crippen LogP contribution in [0.25, 0.3) is 12.2 Å². The molecule has 212 valence electrons. The van der Waals surface area contributed by atoms with Crippen LogP contribution >= 0.6 is 0 Å². The summed E-state index contributed by atoms with van der Waals surface area (Å²) in [6.45, 7) is 24.0. The zero-order valence-electron chi connectivity index (χ0n) is 25.5. The van der Waals surface area contributed by atoms with Crippen LogP contribution in [-0.2, 0) is 11.3 Å². The van der Waals surface area contributed by atoms with Crippen molar-refractivity contribution in [3.63, 3.8) is 0 Å². The highest BCUT2D eigenvalue weighted by molar-refractivity contribution is 5.53. The van der Waals surface area contributed by atoms with Gasteiger partial charge in [0, 0.05) is 43.7 Å². The SMILES string of the molecule is C=C(C)/C=c1/c(NCc2cccc(C#N)c2C)nnc(C)/c1=C/C.CCC(C)CC1(CC)CN(CCOC)C1. The average molecular weight is 532 g/mol. The number of aromatic nitrogens is 2. The quantitative estimate of drug-likeness (QED) is 0.412. The average Bonchev–Trinajstić information content (AvgIpc) is 2.90. The number of ether oxygens (including phenoxy) is 1. The number of hydrogen-bond donors (Lipinski definition) is 1. The summed E-state index contributed by atoms with van der Waals surface area (Å²) in [5, 5.41) is 23.1. The van der Waals surface area contributed by atoms with Crippen molar-refractivity contribution in [1.29, 1.82) is 5.26 Å². The van der Waals surface area contributed by atoms with Gasteiger partial charge in [0.05, 0.1) is 23.9 Å². The summed E-state index contributed by atoms with van der Waals surface area (Å²) in [5.74, 6) is 1.60. The van der Waals surface area contributed by atoms with Gasteiger partial charge >= 0.3 is 0 Å². The number of nitrogens with one attached hydrogen (secondary N) is 1. The monoisotopic (exact) mass is 531 g/mol. The number of nitrogens with zero attached hydrogens (tertiary/aromatic N) is 4. The second kappa shape index (κ2) is 15.5. The van der Waals surface area contributed by atoms with Gasteiger partial charge in [-0.1, -0.05) is 57.6 Å². The molecule has 6 heteroatoms. The second-order valence-corrected chi connectivity index (χ2v) is 11.1. The molecule has 1 aromatic heterocycles. The molecular formula is C33H49N5O. The molecule has 1 atom stereocenters. The Kier molecular flexibility index (Phi) is 12.8. The molecule has 0 radical (unpaired) electrons. The molecule has 3 rings (SSSR count). The van der Waals surface area contributed by atoms with Crippen molar-refractivity contribution in [2.24, 2.45) is 11.3 Å². The van der Waals surface area contributed by atoms with E-state index in [1.165, 1.54) is 32.4 Å². The summed E-state index contributed by atoms with van der Waals surface area (Å²) in [6, 6.07) is 7.96. The van der Waals surface area contributed by atoms with E-state index in [4.69, 9.17) is 10.00 Å². The maximum absolute atomic E-state index is 9.16. The molecule has 2 aromatic rings. The Morgan fingerprint density at radius 2 is 1.97 bits per heavy atom. The van der Waals surface area contributed by atoms with Crippen molar-refractivity contribution in [2.75, 3.05) is 38.7 Å². The van der Waals surface area contributed by atoms with E-state index in [0.29, 0.717) is 17.5 Å². The zero-order chi connectivity index (χ0) is 29.0. The predicted molar refractivity (Wildman–Crippen MR) is 164 cm³/mol. The van der Waals surface area contributed by atoms with Crippen LogP contribution in [-0.4, -0.2) is 48.4 Å². The van der Waals surface area contributed by atoms with E-state index in [0.717, 1.165) is 57.7 Å². The maximum atomic E-state index is 9.16. The van der Waals surface area contributed by atoms with E-state index in [1.54, 1.807) is 7.11 Å². The molecule has 2 heterocycles. The van der Waals surface area contributed by atoms with Gasteiger partial charge in [-0.3, -0.25) is 4.90 Å². The fourth-order valence-electron chi connectivity index (χ4n) is 5.28. The molecule has 0 spiro atoms. The molecule has 1 N–H and O–H groups in total. The Morgan fingerprint density at radius 3 is 2.54 bits per heavy atom. The minimum atomic E-state index is 0.583. The summed E-state index contributed by atoms with van der Waals surface area (Å²) in [6.07, 6.45) is 8.10. The van der Waals surface area contributed by atoms with Crippen molar-refractivity contribution in [3.05, 3.63) is 63.2 Å². The Balaban J connectivity index is 0.000000306. The third-order valence-corrected chi connectivity index (χ3v) is 7.89. The molecular weight excluding hydrogens is 482 g/mol. The van der Waals surface area contributed by atoms with Crippen molar-refractivity contribution in [1.82, 2.24) is 15.1 Å². The summed E-state index contributed by atoms with van der Waals surface area (Å²) in [5.41, 5.74) is 5.22. The number of hydrogen-bond acceptors (Lipinski definition) is 6. The first-order chi connectivity index (χ1) is 18.6. The molecule has 1 aromatic carbocycles. The van der Waals surface area contributed by atoms with Crippen LogP contribution in [0.2, 0.25) is 0 Å². The van der Waals surface area contributed by atoms with Crippen LogP contribution in [0, 0.1) is 36.5 Å². The Morgan fingerprint density at radius 1 is 1.26 bits per heavy atom. The summed E-state index contributed by atoms with van der Waals surface area (Å²) < 4.78 is 5.11. The number of aryl methyl sites for hydroxylation is 1. The van der Waals surface area contributed by atoms with Gasteiger partial charge in [-0.25, -0.2) is 0 Å². The molecule has 0 aliphatic carbocycles. The highest BCUT2D eigenvalue weighted by atomic mass is 16.5. The predicted octanol–water partition coefficient (Wildman–Crippen LogP) is 5.52. The van der Waals surface area contributed by atoms with Crippen molar-refractivity contribution < 1.29 is 4.74 Å². The van der Waals surface area contributed by atoms with Gasteiger partial charge in [0.1, 0.15) is 0 Å². The van der Waals surface area contributed by atoms with Gasteiger partial charge in [0.15, 0.2) is 5.82 Å². The van der Waals surface area contributed by atoms with E-state index >= 15 is 0 Å². The topological polar surface area (TPSA) is 74.1 Å². The summed E-state index contributed by atoms with van der Waals surface area (Å²) in [4.78, 5) is 2.52. The summed E-state index contributed by atoms with van der Waals surface area (Å²) in [7, 11) is 1.78. The summed E-state index contributed by atoms with van der Waals surface area (Å²) >= 11 is 0. The first kappa shape index (κ1) is 32.2. The molecule has 1 unspecified atom stereocenters. The van der Waals surface area contributed by atoms with Crippen molar-refractivity contribution in [2.45, 2.75) is 74.3 Å². The molecule has 0 saturated carbocycles. The van der Waals surface area contributed by atoms with E-state index in [1.807, 2.05) is 58.0 Å². The van der Waals surface area contributed by atoms with E-state index < -0.39 is 0 Å². The molecule has 0 bridgehead atoms. The number of benzene rings is 1. The molecule has 39 heavy (non-hydrogen) atoms. The van der Waals surface area contributed by atoms with Crippen LogP contribution in [0.1, 0.15) is 76.3 Å². The number of rotatable bonds is 11. The standard InChI is InChI=1S/C20H22N4.C13H27NO/c1-6-18-15(5)23-24-20(19(18)10-13(2)3)22-12-17-9-7-8-16(11-21)14(17)4;1-5-12(3)9-13(6-2)10-14(11-13)7-8-15-4/h6-10H,2,12H2,1,3-5H3,(H,22,24);12H,5-11H2,1-4H3/b18-6-,19-10+;. The van der Waals surface area contributed by atoms with E-state index in [-0.39, 0.29) is 0 Å². The number of anilines is 1. The Hall–Kier alpha value is -3.01. The number of allylic oxidation sites excluding steroid dienone is 1. The number of nitriles is 1. The molecule has 1 saturated heterocycles. The molecule has 6 nitrogen and oxygen atoms in total. The van der Waals surface area contributed by atoms with Gasteiger partial charge in [-0.2, -0.15) is 10.4 Å². The van der Waals surface area contributed by atoms with E-state index in [9.17, 15) is 0 Å². The maximum Gasteiger partial charge on any atom is 0.156 e.